The molecule has 1 aliphatic heterocycles. The number of likely N-dealkylation sites (tertiary alicyclic amines) is 1. The Balaban J connectivity index is 2.71. The summed E-state index contributed by atoms with van der Waals surface area (Å²) in [6.45, 7) is 6.61. The minimum atomic E-state index is -1.16. The number of aliphatic carboxylic acids is 1. The van der Waals surface area contributed by atoms with E-state index in [1.54, 1.807) is 11.9 Å². The molecule has 0 aromatic carbocycles. The van der Waals surface area contributed by atoms with Crippen LogP contribution in [-0.4, -0.2) is 52.6 Å². The van der Waals surface area contributed by atoms with Gasteiger partial charge in [-0.2, -0.15) is 0 Å². The van der Waals surface area contributed by atoms with Crippen LogP contribution in [0.15, 0.2) is 0 Å². The normalized spacial score (nSPS) is 21.0. The van der Waals surface area contributed by atoms with Gasteiger partial charge in [-0.15, -0.1) is 0 Å². The molecule has 1 N–H and O–H groups in total. The van der Waals surface area contributed by atoms with Crippen LogP contribution in [0.3, 0.4) is 0 Å². The van der Waals surface area contributed by atoms with E-state index < -0.39 is 11.5 Å². The second kappa shape index (κ2) is 4.31. The van der Waals surface area contributed by atoms with Gasteiger partial charge in [0, 0.05) is 20.1 Å². The van der Waals surface area contributed by atoms with Gasteiger partial charge in [-0.05, 0) is 26.2 Å². The quantitative estimate of drug-likeness (QED) is 0.773. The van der Waals surface area contributed by atoms with E-state index in [1.807, 2.05) is 0 Å². The molecule has 1 unspecified atom stereocenters. The van der Waals surface area contributed by atoms with Crippen LogP contribution in [0.5, 0.6) is 0 Å². The number of likely N-dealkylation sites (N-methyl/N-ethyl adjacent to an activating group) is 1. The standard InChI is InChI=1S/C11H20N2O3/c1-8-5-6-13(7-8)10(16)12(4)11(2,3)9(14)15/h8H,5-7H2,1-4H3,(H,14,15). The number of amides is 2. The Labute approximate surface area is 96.0 Å². The first-order chi connectivity index (χ1) is 7.26. The van der Waals surface area contributed by atoms with Gasteiger partial charge in [0.05, 0.1) is 0 Å². The number of carbonyl (C=O) groups excluding carboxylic acids is 1. The fourth-order valence-corrected chi connectivity index (χ4v) is 1.70. The molecular formula is C11H20N2O3. The van der Waals surface area contributed by atoms with Crippen molar-refractivity contribution in [3.63, 3.8) is 0 Å². The second-order valence-corrected chi connectivity index (χ2v) is 5.05. The molecule has 0 radical (unpaired) electrons. The first kappa shape index (κ1) is 12.8. The molecule has 0 aromatic heterocycles. The molecule has 16 heavy (non-hydrogen) atoms. The summed E-state index contributed by atoms with van der Waals surface area (Å²) in [6, 6.07) is -0.197. The zero-order valence-corrected chi connectivity index (χ0v) is 10.4. The molecule has 5 nitrogen and oxygen atoms in total. The monoisotopic (exact) mass is 228 g/mol. The molecule has 0 aromatic rings. The van der Waals surface area contributed by atoms with Crippen molar-refractivity contribution in [3.8, 4) is 0 Å². The Morgan fingerprint density at radius 2 is 2.00 bits per heavy atom. The Morgan fingerprint density at radius 1 is 1.44 bits per heavy atom. The minimum absolute atomic E-state index is 0.197. The van der Waals surface area contributed by atoms with Gasteiger partial charge in [0.2, 0.25) is 0 Å². The third-order valence-corrected chi connectivity index (χ3v) is 3.34. The summed E-state index contributed by atoms with van der Waals surface area (Å²) in [5.41, 5.74) is -1.16. The third kappa shape index (κ3) is 2.28. The molecule has 92 valence electrons. The Morgan fingerprint density at radius 3 is 2.38 bits per heavy atom. The maximum Gasteiger partial charge on any atom is 0.329 e. The Hall–Kier alpha value is -1.26. The highest BCUT2D eigenvalue weighted by atomic mass is 16.4. The lowest BCUT2D eigenvalue weighted by Gasteiger charge is -2.34. The van der Waals surface area contributed by atoms with E-state index in [0.29, 0.717) is 5.92 Å². The molecule has 0 saturated carbocycles. The number of carboxylic acid groups (broad SMARTS) is 1. The highest BCUT2D eigenvalue weighted by Crippen LogP contribution is 2.20. The summed E-state index contributed by atoms with van der Waals surface area (Å²) < 4.78 is 0. The first-order valence-electron chi connectivity index (χ1n) is 5.53. The van der Waals surface area contributed by atoms with Crippen molar-refractivity contribution in [2.24, 2.45) is 5.92 Å². The highest BCUT2D eigenvalue weighted by Gasteiger charge is 2.38. The van der Waals surface area contributed by atoms with E-state index in [4.69, 9.17) is 5.11 Å². The fraction of sp³-hybridized carbons (Fsp3) is 0.818. The number of hydrogen-bond acceptors (Lipinski definition) is 2. The zero-order valence-electron chi connectivity index (χ0n) is 10.4. The second-order valence-electron chi connectivity index (χ2n) is 5.05. The number of rotatable bonds is 2. The molecule has 1 rings (SSSR count). The van der Waals surface area contributed by atoms with Crippen molar-refractivity contribution >= 4 is 12.0 Å². The van der Waals surface area contributed by atoms with Crippen LogP contribution in [0.1, 0.15) is 27.2 Å². The van der Waals surface area contributed by atoms with E-state index >= 15 is 0 Å². The molecule has 5 heteroatoms. The largest absolute Gasteiger partial charge is 0.480 e. The summed E-state index contributed by atoms with van der Waals surface area (Å²) in [5, 5.41) is 9.04. The van der Waals surface area contributed by atoms with Gasteiger partial charge in [-0.3, -0.25) is 0 Å². The van der Waals surface area contributed by atoms with Crippen molar-refractivity contribution in [2.75, 3.05) is 20.1 Å². The number of nitrogens with zero attached hydrogens (tertiary/aromatic N) is 2. The molecule has 0 spiro atoms. The number of urea groups is 1. The van der Waals surface area contributed by atoms with Gasteiger partial charge in [0.25, 0.3) is 0 Å². The third-order valence-electron chi connectivity index (χ3n) is 3.34. The molecule has 2 amide bonds. The van der Waals surface area contributed by atoms with Gasteiger partial charge in [-0.25, -0.2) is 9.59 Å². The Kier molecular flexibility index (Phi) is 3.45. The number of carboxylic acids is 1. The maximum absolute atomic E-state index is 12.0. The Bertz CT molecular complexity index is 302. The highest BCUT2D eigenvalue weighted by molar-refractivity contribution is 5.85. The lowest BCUT2D eigenvalue weighted by molar-refractivity contribution is -0.147. The van der Waals surface area contributed by atoms with E-state index in [0.717, 1.165) is 19.5 Å². The lowest BCUT2D eigenvalue weighted by Crippen LogP contribution is -2.54. The van der Waals surface area contributed by atoms with E-state index in [1.165, 1.54) is 18.7 Å². The molecule has 1 aliphatic rings. The van der Waals surface area contributed by atoms with Crippen LogP contribution in [0.25, 0.3) is 0 Å². The molecule has 0 bridgehead atoms. The van der Waals surface area contributed by atoms with E-state index in [-0.39, 0.29) is 6.03 Å². The van der Waals surface area contributed by atoms with Crippen LogP contribution < -0.4 is 0 Å². The van der Waals surface area contributed by atoms with Crippen LogP contribution in [0.4, 0.5) is 4.79 Å². The average molecular weight is 228 g/mol. The fourth-order valence-electron chi connectivity index (χ4n) is 1.70. The van der Waals surface area contributed by atoms with Gasteiger partial charge in [0.15, 0.2) is 0 Å². The van der Waals surface area contributed by atoms with Crippen molar-refractivity contribution in [1.82, 2.24) is 9.80 Å². The first-order valence-corrected chi connectivity index (χ1v) is 5.53. The van der Waals surface area contributed by atoms with E-state index in [2.05, 4.69) is 6.92 Å². The zero-order chi connectivity index (χ0) is 12.5. The molecular weight excluding hydrogens is 208 g/mol. The number of carbonyl (C=O) groups is 2. The predicted octanol–water partition coefficient (Wildman–Crippen LogP) is 1.24. The van der Waals surface area contributed by atoms with Crippen LogP contribution in [0, 0.1) is 5.92 Å². The summed E-state index contributed by atoms with van der Waals surface area (Å²) in [6.07, 6.45) is 0.993. The van der Waals surface area contributed by atoms with Crippen LogP contribution in [-0.2, 0) is 4.79 Å². The van der Waals surface area contributed by atoms with Crippen molar-refractivity contribution in [2.45, 2.75) is 32.7 Å². The molecule has 1 heterocycles. The van der Waals surface area contributed by atoms with Gasteiger partial charge < -0.3 is 14.9 Å². The predicted molar refractivity (Wildman–Crippen MR) is 60.2 cm³/mol. The molecule has 0 aliphatic carbocycles. The van der Waals surface area contributed by atoms with Crippen LogP contribution >= 0.6 is 0 Å². The van der Waals surface area contributed by atoms with Gasteiger partial charge in [0.1, 0.15) is 5.54 Å². The topological polar surface area (TPSA) is 60.9 Å². The smallest absolute Gasteiger partial charge is 0.329 e. The summed E-state index contributed by atoms with van der Waals surface area (Å²) in [5.74, 6) is -0.485. The maximum atomic E-state index is 12.0. The van der Waals surface area contributed by atoms with E-state index in [9.17, 15) is 9.59 Å². The number of hydrogen-bond donors (Lipinski definition) is 1. The minimum Gasteiger partial charge on any atom is -0.480 e. The van der Waals surface area contributed by atoms with Crippen molar-refractivity contribution in [3.05, 3.63) is 0 Å². The molecule has 1 atom stereocenters. The lowest BCUT2D eigenvalue weighted by atomic mass is 10.0. The van der Waals surface area contributed by atoms with Crippen molar-refractivity contribution < 1.29 is 14.7 Å². The van der Waals surface area contributed by atoms with Crippen LogP contribution in [0.2, 0.25) is 0 Å². The summed E-state index contributed by atoms with van der Waals surface area (Å²) in [4.78, 5) is 26.1. The van der Waals surface area contributed by atoms with Crippen molar-refractivity contribution in [1.29, 1.82) is 0 Å². The van der Waals surface area contributed by atoms with Gasteiger partial charge in [-0.1, -0.05) is 6.92 Å². The average Bonchev–Trinajstić information content (AvgIpc) is 2.62. The van der Waals surface area contributed by atoms with Gasteiger partial charge >= 0.3 is 12.0 Å². The molecule has 1 saturated heterocycles. The summed E-state index contributed by atoms with van der Waals surface area (Å²) in [7, 11) is 1.54. The SMILES string of the molecule is CC1CCN(C(=O)N(C)C(C)(C)C(=O)O)C1. The molecule has 1 fully saturated rings. The summed E-state index contributed by atoms with van der Waals surface area (Å²) >= 11 is 0.